The summed E-state index contributed by atoms with van der Waals surface area (Å²) in [6, 6.07) is 19.0. The summed E-state index contributed by atoms with van der Waals surface area (Å²) in [5.74, 6) is -0.611. The third kappa shape index (κ3) is 5.04. The molecule has 0 radical (unpaired) electrons. The molecule has 138 valence electrons. The van der Waals surface area contributed by atoms with Crippen LogP contribution in [0.1, 0.15) is 0 Å². The predicted octanol–water partition coefficient (Wildman–Crippen LogP) is 3.45. The largest absolute Gasteiger partial charge is 0.484 e. The quantitative estimate of drug-likeness (QED) is 0.727. The van der Waals surface area contributed by atoms with E-state index in [0.29, 0.717) is 11.4 Å². The third-order valence-corrected chi connectivity index (χ3v) is 4.00. The molecule has 0 unspecified atom stereocenters. The van der Waals surface area contributed by atoms with Crippen molar-refractivity contribution in [3.05, 3.63) is 72.5 Å². The Morgan fingerprint density at radius 3 is 2.56 bits per heavy atom. The normalized spacial score (nSPS) is 10.4. The maximum absolute atomic E-state index is 13.1. The van der Waals surface area contributed by atoms with Gasteiger partial charge >= 0.3 is 0 Å². The zero-order valence-corrected chi connectivity index (χ0v) is 14.8. The molecule has 0 fully saturated rings. The number of hydrogen-bond acceptors (Lipinski definition) is 3. The van der Waals surface area contributed by atoms with Gasteiger partial charge in [0.15, 0.2) is 6.61 Å². The van der Waals surface area contributed by atoms with Gasteiger partial charge in [0.05, 0.1) is 6.54 Å². The van der Waals surface area contributed by atoms with E-state index in [0.717, 1.165) is 10.8 Å². The summed E-state index contributed by atoms with van der Waals surface area (Å²) in [5, 5.41) is 4.65. The summed E-state index contributed by atoms with van der Waals surface area (Å²) in [4.78, 5) is 25.4. The number of anilines is 1. The fraction of sp³-hybridized carbons (Fsp3) is 0.143. The average Bonchev–Trinajstić information content (AvgIpc) is 2.65. The molecule has 0 aliphatic carbocycles. The van der Waals surface area contributed by atoms with E-state index in [4.69, 9.17) is 4.74 Å². The molecule has 0 saturated carbocycles. The van der Waals surface area contributed by atoms with Gasteiger partial charge in [0, 0.05) is 12.7 Å². The molecule has 27 heavy (non-hydrogen) atoms. The first-order valence-corrected chi connectivity index (χ1v) is 8.42. The minimum Gasteiger partial charge on any atom is -0.484 e. The van der Waals surface area contributed by atoms with Crippen LogP contribution in [0.2, 0.25) is 0 Å². The first-order valence-electron chi connectivity index (χ1n) is 8.42. The Morgan fingerprint density at radius 1 is 1.00 bits per heavy atom. The topological polar surface area (TPSA) is 58.6 Å². The molecule has 0 aromatic heterocycles. The Hall–Kier alpha value is -3.41. The Labute approximate surface area is 156 Å². The number of ether oxygens (including phenoxy) is 1. The van der Waals surface area contributed by atoms with E-state index in [1.807, 2.05) is 36.4 Å². The number of carbonyl (C=O) groups excluding carboxylic acids is 2. The molecule has 5 nitrogen and oxygen atoms in total. The molecule has 6 heteroatoms. The molecule has 0 heterocycles. The Kier molecular flexibility index (Phi) is 5.66. The van der Waals surface area contributed by atoms with Crippen LogP contribution in [0.15, 0.2) is 66.7 Å². The van der Waals surface area contributed by atoms with Crippen LogP contribution >= 0.6 is 0 Å². The molecule has 0 saturated heterocycles. The molecule has 0 spiro atoms. The third-order valence-electron chi connectivity index (χ3n) is 4.00. The van der Waals surface area contributed by atoms with Gasteiger partial charge in [-0.1, -0.05) is 36.4 Å². The van der Waals surface area contributed by atoms with Crippen LogP contribution in [0.3, 0.4) is 0 Å². The van der Waals surface area contributed by atoms with Crippen LogP contribution in [0.4, 0.5) is 10.1 Å². The van der Waals surface area contributed by atoms with Crippen molar-refractivity contribution >= 4 is 28.3 Å². The molecule has 0 aliphatic heterocycles. The lowest BCUT2D eigenvalue weighted by atomic mass is 10.1. The lowest BCUT2D eigenvalue weighted by molar-refractivity contribution is -0.135. The standard InChI is InChI=1S/C21H19FN2O3/c1-24(13-20(25)23-18-8-4-7-17(22)12-18)21(26)14-27-19-10-9-15-5-2-3-6-16(15)11-19/h2-12H,13-14H2,1H3,(H,23,25). The van der Waals surface area contributed by atoms with Gasteiger partial charge in [-0.15, -0.1) is 0 Å². The van der Waals surface area contributed by atoms with E-state index in [1.54, 1.807) is 12.1 Å². The second-order valence-electron chi connectivity index (χ2n) is 6.11. The number of amides is 2. The molecule has 3 aromatic rings. The minimum absolute atomic E-state index is 0.156. The van der Waals surface area contributed by atoms with Gasteiger partial charge in [0.25, 0.3) is 5.91 Å². The number of hydrogen-bond donors (Lipinski definition) is 1. The van der Waals surface area contributed by atoms with Crippen molar-refractivity contribution < 1.29 is 18.7 Å². The smallest absolute Gasteiger partial charge is 0.260 e. The molecule has 0 atom stereocenters. The molecular weight excluding hydrogens is 347 g/mol. The van der Waals surface area contributed by atoms with E-state index in [1.165, 1.54) is 30.1 Å². The summed E-state index contributed by atoms with van der Waals surface area (Å²) in [6.07, 6.45) is 0. The molecule has 1 N–H and O–H groups in total. The molecule has 3 rings (SSSR count). The van der Waals surface area contributed by atoms with Crippen LogP contribution in [-0.2, 0) is 9.59 Å². The van der Waals surface area contributed by atoms with Gasteiger partial charge in [-0.25, -0.2) is 4.39 Å². The number of halogens is 1. The first kappa shape index (κ1) is 18.4. The van der Waals surface area contributed by atoms with E-state index in [2.05, 4.69) is 5.32 Å². The zero-order valence-electron chi connectivity index (χ0n) is 14.8. The van der Waals surface area contributed by atoms with E-state index < -0.39 is 11.7 Å². The summed E-state index contributed by atoms with van der Waals surface area (Å²) in [7, 11) is 1.51. The van der Waals surface area contributed by atoms with Gasteiger partial charge in [0.1, 0.15) is 11.6 Å². The van der Waals surface area contributed by atoms with Gasteiger partial charge in [-0.05, 0) is 41.1 Å². The maximum atomic E-state index is 13.1. The zero-order chi connectivity index (χ0) is 19.2. The van der Waals surface area contributed by atoms with E-state index >= 15 is 0 Å². The summed E-state index contributed by atoms with van der Waals surface area (Å²) in [6.45, 7) is -0.335. The van der Waals surface area contributed by atoms with Crippen LogP contribution in [0, 0.1) is 5.82 Å². The Morgan fingerprint density at radius 2 is 1.78 bits per heavy atom. The SMILES string of the molecule is CN(CC(=O)Nc1cccc(F)c1)C(=O)COc1ccc2ccccc2c1. The summed E-state index contributed by atoms with van der Waals surface area (Å²) < 4.78 is 18.7. The van der Waals surface area contributed by atoms with Crippen LogP contribution in [0.25, 0.3) is 10.8 Å². The lowest BCUT2D eigenvalue weighted by Gasteiger charge is -2.17. The van der Waals surface area contributed by atoms with Gasteiger partial charge in [0.2, 0.25) is 5.91 Å². The molecule has 0 bridgehead atoms. The molecule has 3 aromatic carbocycles. The van der Waals surface area contributed by atoms with Crippen molar-refractivity contribution in [2.75, 3.05) is 25.5 Å². The summed E-state index contributed by atoms with van der Waals surface area (Å²) in [5.41, 5.74) is 0.341. The van der Waals surface area contributed by atoms with Crippen LogP contribution in [0.5, 0.6) is 5.75 Å². The van der Waals surface area contributed by atoms with Crippen LogP contribution in [-0.4, -0.2) is 36.9 Å². The Bertz CT molecular complexity index is 974. The number of carbonyl (C=O) groups is 2. The van der Waals surface area contributed by atoms with Gasteiger partial charge < -0.3 is 15.0 Å². The fourth-order valence-corrected chi connectivity index (χ4v) is 2.58. The van der Waals surface area contributed by atoms with Crippen molar-refractivity contribution in [3.8, 4) is 5.75 Å². The van der Waals surface area contributed by atoms with Crippen LogP contribution < -0.4 is 10.1 Å². The molecular formula is C21H19FN2O3. The number of likely N-dealkylation sites (N-methyl/N-ethyl adjacent to an activating group) is 1. The monoisotopic (exact) mass is 366 g/mol. The fourth-order valence-electron chi connectivity index (χ4n) is 2.58. The van der Waals surface area contributed by atoms with Gasteiger partial charge in [-0.2, -0.15) is 0 Å². The Balaban J connectivity index is 1.51. The minimum atomic E-state index is -0.444. The van der Waals surface area contributed by atoms with Crippen molar-refractivity contribution in [3.63, 3.8) is 0 Å². The average molecular weight is 366 g/mol. The number of benzene rings is 3. The lowest BCUT2D eigenvalue weighted by Crippen LogP contribution is -2.37. The molecule has 0 aliphatic rings. The highest BCUT2D eigenvalue weighted by Crippen LogP contribution is 2.20. The van der Waals surface area contributed by atoms with Crippen molar-refractivity contribution in [2.24, 2.45) is 0 Å². The van der Waals surface area contributed by atoms with Crippen molar-refractivity contribution in [2.45, 2.75) is 0 Å². The van der Waals surface area contributed by atoms with E-state index in [-0.39, 0.29) is 19.1 Å². The second-order valence-corrected chi connectivity index (χ2v) is 6.11. The number of nitrogens with zero attached hydrogens (tertiary/aromatic N) is 1. The predicted molar refractivity (Wildman–Crippen MR) is 102 cm³/mol. The number of rotatable bonds is 6. The van der Waals surface area contributed by atoms with Gasteiger partial charge in [-0.3, -0.25) is 9.59 Å². The summed E-state index contributed by atoms with van der Waals surface area (Å²) >= 11 is 0. The second kappa shape index (κ2) is 8.31. The highest BCUT2D eigenvalue weighted by molar-refractivity contribution is 5.94. The number of fused-ring (bicyclic) bond motifs is 1. The van der Waals surface area contributed by atoms with E-state index in [9.17, 15) is 14.0 Å². The van der Waals surface area contributed by atoms with Crippen molar-refractivity contribution in [1.82, 2.24) is 4.90 Å². The molecule has 2 amide bonds. The highest BCUT2D eigenvalue weighted by Gasteiger charge is 2.14. The highest BCUT2D eigenvalue weighted by atomic mass is 19.1. The van der Waals surface area contributed by atoms with Crippen molar-refractivity contribution in [1.29, 1.82) is 0 Å². The first-order chi connectivity index (χ1) is 13.0. The number of nitrogens with one attached hydrogen (secondary N) is 1. The maximum Gasteiger partial charge on any atom is 0.260 e.